The van der Waals surface area contributed by atoms with E-state index in [4.69, 9.17) is 25.6 Å². The largest absolute Gasteiger partial charge is 0.487 e. The lowest BCUT2D eigenvalue weighted by Gasteiger charge is -2.17. The molecule has 0 unspecified atom stereocenters. The maximum Gasteiger partial charge on any atom is 0.138 e. The molecule has 1 aliphatic rings. The van der Waals surface area contributed by atoms with Crippen molar-refractivity contribution in [3.8, 4) is 11.5 Å². The van der Waals surface area contributed by atoms with Crippen molar-refractivity contribution in [1.82, 2.24) is 10.1 Å². The van der Waals surface area contributed by atoms with Gasteiger partial charge in [-0.05, 0) is 42.8 Å². The highest BCUT2D eigenvalue weighted by atomic mass is 35.5. The number of aromatic nitrogens is 1. The van der Waals surface area contributed by atoms with Crippen molar-refractivity contribution in [1.29, 1.82) is 0 Å². The topological polar surface area (TPSA) is 68.0 Å². The third-order valence-corrected chi connectivity index (χ3v) is 5.02. The molecule has 1 N–H and O–H groups in total. The van der Waals surface area contributed by atoms with E-state index in [1.807, 2.05) is 49.4 Å². The number of aliphatic hydroxyl groups excluding tert-OH is 1. The number of β-amino-alcohol motifs (C(OH)–C–C–N with tert-alkyl or cyclic N) is 1. The number of aryl methyl sites for hydroxylation is 1. The fourth-order valence-electron chi connectivity index (χ4n) is 3.39. The van der Waals surface area contributed by atoms with Gasteiger partial charge < -0.3 is 19.1 Å². The van der Waals surface area contributed by atoms with E-state index in [9.17, 15) is 5.11 Å². The van der Waals surface area contributed by atoms with Gasteiger partial charge in [0.1, 0.15) is 41.8 Å². The van der Waals surface area contributed by atoms with E-state index in [1.165, 1.54) is 0 Å². The molecule has 3 aromatic rings. The molecule has 7 heteroatoms. The molecule has 1 aliphatic heterocycles. The lowest BCUT2D eigenvalue weighted by atomic mass is 10.2. The van der Waals surface area contributed by atoms with E-state index >= 15 is 0 Å². The molecule has 6 nitrogen and oxygen atoms in total. The predicted octanol–water partition coefficient (Wildman–Crippen LogP) is 3.84. The van der Waals surface area contributed by atoms with Crippen molar-refractivity contribution in [3.05, 3.63) is 76.6 Å². The minimum Gasteiger partial charge on any atom is -0.487 e. The van der Waals surface area contributed by atoms with Gasteiger partial charge in [0, 0.05) is 30.7 Å². The molecule has 29 heavy (non-hydrogen) atoms. The second-order valence-corrected chi connectivity index (χ2v) is 7.67. The number of likely N-dealkylation sites (tertiary alicyclic amines) is 1. The molecule has 0 aliphatic carbocycles. The Balaban J connectivity index is 1.29. The van der Waals surface area contributed by atoms with Crippen LogP contribution < -0.4 is 9.47 Å². The van der Waals surface area contributed by atoms with Crippen LogP contribution in [0.15, 0.2) is 59.1 Å². The first-order valence-corrected chi connectivity index (χ1v) is 9.89. The number of nitrogens with zero attached hydrogens (tertiary/aromatic N) is 2. The summed E-state index contributed by atoms with van der Waals surface area (Å²) in [6.07, 6.45) is -0.815. The van der Waals surface area contributed by atoms with Crippen LogP contribution in [0.2, 0.25) is 5.02 Å². The molecule has 1 fully saturated rings. The predicted molar refractivity (Wildman–Crippen MR) is 109 cm³/mol. The molecule has 1 aromatic heterocycles. The second-order valence-electron chi connectivity index (χ2n) is 7.24. The molecule has 2 heterocycles. The molecule has 0 bridgehead atoms. The highest BCUT2D eigenvalue weighted by Crippen LogP contribution is 2.23. The zero-order valence-corrected chi connectivity index (χ0v) is 16.9. The first-order valence-electron chi connectivity index (χ1n) is 9.52. The highest BCUT2D eigenvalue weighted by Gasteiger charge is 2.33. The fraction of sp³-hybridized carbons (Fsp3) is 0.318. The summed E-state index contributed by atoms with van der Waals surface area (Å²) in [5, 5.41) is 14.9. The van der Waals surface area contributed by atoms with Gasteiger partial charge in [0.2, 0.25) is 0 Å². The Morgan fingerprint density at radius 3 is 2.69 bits per heavy atom. The van der Waals surface area contributed by atoms with Gasteiger partial charge in [-0.3, -0.25) is 4.90 Å². The number of aliphatic hydroxyl groups is 1. The molecular weight excluding hydrogens is 392 g/mol. The zero-order chi connectivity index (χ0) is 20.2. The molecule has 2 atom stereocenters. The molecule has 0 amide bonds. The van der Waals surface area contributed by atoms with Crippen LogP contribution in [0.5, 0.6) is 11.5 Å². The Hall–Kier alpha value is -2.54. The Morgan fingerprint density at radius 1 is 1.14 bits per heavy atom. The smallest absolute Gasteiger partial charge is 0.138 e. The SMILES string of the molecule is Cc1cc(COc2ccc(CN3C[C@H](Oc4cccc(Cl)c4)[C@@H](O)C3)cc2)no1. The Labute approximate surface area is 174 Å². The lowest BCUT2D eigenvalue weighted by molar-refractivity contribution is 0.0737. The van der Waals surface area contributed by atoms with Gasteiger partial charge in [0.05, 0.1) is 0 Å². The molecule has 152 valence electrons. The van der Waals surface area contributed by atoms with E-state index < -0.39 is 6.10 Å². The van der Waals surface area contributed by atoms with Crippen LogP contribution in [0.1, 0.15) is 17.0 Å². The number of halogens is 1. The molecule has 0 radical (unpaired) electrons. The average molecular weight is 415 g/mol. The van der Waals surface area contributed by atoms with Gasteiger partial charge >= 0.3 is 0 Å². The zero-order valence-electron chi connectivity index (χ0n) is 16.1. The minimum atomic E-state index is -0.539. The Bertz CT molecular complexity index is 944. The van der Waals surface area contributed by atoms with Gasteiger partial charge in [-0.25, -0.2) is 0 Å². The van der Waals surface area contributed by atoms with E-state index in [-0.39, 0.29) is 6.10 Å². The van der Waals surface area contributed by atoms with Gasteiger partial charge in [0.25, 0.3) is 0 Å². The number of benzene rings is 2. The summed E-state index contributed by atoms with van der Waals surface area (Å²) in [5.41, 5.74) is 1.91. The van der Waals surface area contributed by atoms with Crippen LogP contribution in [0.25, 0.3) is 0 Å². The number of ether oxygens (including phenoxy) is 2. The normalized spacial score (nSPS) is 19.4. The third kappa shape index (κ3) is 5.29. The van der Waals surface area contributed by atoms with Crippen LogP contribution in [0.4, 0.5) is 0 Å². The molecule has 1 saturated heterocycles. The molecule has 0 spiro atoms. The summed E-state index contributed by atoms with van der Waals surface area (Å²) in [6, 6.07) is 17.0. The summed E-state index contributed by atoms with van der Waals surface area (Å²) >= 11 is 6.00. The van der Waals surface area contributed by atoms with Crippen molar-refractivity contribution in [3.63, 3.8) is 0 Å². The van der Waals surface area contributed by atoms with E-state index in [2.05, 4.69) is 10.1 Å². The van der Waals surface area contributed by atoms with Crippen molar-refractivity contribution in [2.45, 2.75) is 32.3 Å². The highest BCUT2D eigenvalue weighted by molar-refractivity contribution is 6.30. The quantitative estimate of drug-likeness (QED) is 0.633. The van der Waals surface area contributed by atoms with Crippen molar-refractivity contribution in [2.24, 2.45) is 0 Å². The third-order valence-electron chi connectivity index (χ3n) is 4.79. The Morgan fingerprint density at radius 2 is 1.97 bits per heavy atom. The van der Waals surface area contributed by atoms with Gasteiger partial charge in [-0.1, -0.05) is 35.0 Å². The fourth-order valence-corrected chi connectivity index (χ4v) is 3.57. The van der Waals surface area contributed by atoms with E-state index in [0.29, 0.717) is 30.5 Å². The van der Waals surface area contributed by atoms with Gasteiger partial charge in [-0.15, -0.1) is 0 Å². The minimum absolute atomic E-state index is 0.276. The first kappa shape index (κ1) is 19.8. The Kier molecular flexibility index (Phi) is 6.04. The van der Waals surface area contributed by atoms with Crippen molar-refractivity contribution < 1.29 is 19.1 Å². The lowest BCUT2D eigenvalue weighted by Crippen LogP contribution is -2.29. The average Bonchev–Trinajstić information content (AvgIpc) is 3.26. The maximum absolute atomic E-state index is 10.4. The number of rotatable bonds is 7. The monoisotopic (exact) mass is 414 g/mol. The van der Waals surface area contributed by atoms with Gasteiger partial charge in [0.15, 0.2) is 0 Å². The summed E-state index contributed by atoms with van der Waals surface area (Å²) in [5.74, 6) is 2.22. The van der Waals surface area contributed by atoms with Crippen LogP contribution in [-0.4, -0.2) is 40.5 Å². The van der Waals surface area contributed by atoms with E-state index in [0.717, 1.165) is 29.3 Å². The first-order chi connectivity index (χ1) is 14.0. The van der Waals surface area contributed by atoms with Crippen LogP contribution in [0.3, 0.4) is 0 Å². The second kappa shape index (κ2) is 8.86. The van der Waals surface area contributed by atoms with Crippen LogP contribution >= 0.6 is 11.6 Å². The number of hydrogen-bond donors (Lipinski definition) is 1. The van der Waals surface area contributed by atoms with Crippen LogP contribution in [0, 0.1) is 6.92 Å². The standard InChI is InChI=1S/C22H23ClN2O4/c1-15-9-18(24-29-15)14-27-19-7-5-16(6-8-19)11-25-12-21(26)22(13-25)28-20-4-2-3-17(23)10-20/h2-10,21-22,26H,11-14H2,1H3/t21-,22-/m0/s1. The number of hydrogen-bond acceptors (Lipinski definition) is 6. The van der Waals surface area contributed by atoms with Crippen molar-refractivity contribution >= 4 is 11.6 Å². The summed E-state index contributed by atoms with van der Waals surface area (Å²) in [7, 11) is 0. The van der Waals surface area contributed by atoms with Gasteiger partial charge in [-0.2, -0.15) is 0 Å². The van der Waals surface area contributed by atoms with Crippen LogP contribution in [-0.2, 0) is 13.2 Å². The molecule has 2 aromatic carbocycles. The maximum atomic E-state index is 10.4. The van der Waals surface area contributed by atoms with E-state index in [1.54, 1.807) is 12.1 Å². The summed E-state index contributed by atoms with van der Waals surface area (Å²) in [4.78, 5) is 2.17. The van der Waals surface area contributed by atoms with Crippen molar-refractivity contribution in [2.75, 3.05) is 13.1 Å². The summed E-state index contributed by atoms with van der Waals surface area (Å²) < 4.78 is 16.7. The summed E-state index contributed by atoms with van der Waals surface area (Å²) in [6.45, 7) is 4.17. The molecule has 0 saturated carbocycles. The molecular formula is C22H23ClN2O4. The molecule has 4 rings (SSSR count).